The van der Waals surface area contributed by atoms with E-state index in [9.17, 15) is 4.79 Å². The molecule has 4 heteroatoms. The smallest absolute Gasteiger partial charge is 0.151 e. The van der Waals surface area contributed by atoms with Crippen molar-refractivity contribution in [3.8, 4) is 0 Å². The van der Waals surface area contributed by atoms with Gasteiger partial charge in [-0.1, -0.05) is 6.92 Å². The van der Waals surface area contributed by atoms with Gasteiger partial charge < -0.3 is 10.8 Å². The van der Waals surface area contributed by atoms with Gasteiger partial charge >= 0.3 is 0 Å². The van der Waals surface area contributed by atoms with Crippen molar-refractivity contribution in [1.29, 1.82) is 0 Å². The van der Waals surface area contributed by atoms with E-state index in [0.29, 0.717) is 6.42 Å². The van der Waals surface area contributed by atoms with E-state index in [-0.39, 0.29) is 24.8 Å². The zero-order chi connectivity index (χ0) is 7.28. The minimum Gasteiger partial charge on any atom is -0.394 e. The second kappa shape index (κ2) is 6.99. The van der Waals surface area contributed by atoms with Crippen molar-refractivity contribution in [3.05, 3.63) is 0 Å². The lowest BCUT2D eigenvalue weighted by molar-refractivity contribution is -0.121. The molecule has 0 rings (SSSR count). The van der Waals surface area contributed by atoms with Gasteiger partial charge in [0, 0.05) is 6.42 Å². The van der Waals surface area contributed by atoms with Crippen LogP contribution >= 0.6 is 12.4 Å². The third-order valence-electron chi connectivity index (χ3n) is 1.11. The zero-order valence-electron chi connectivity index (χ0n) is 6.04. The van der Waals surface area contributed by atoms with Crippen molar-refractivity contribution in [2.75, 3.05) is 6.61 Å². The average molecular weight is 168 g/mol. The molecule has 0 aliphatic rings. The molecule has 0 spiro atoms. The van der Waals surface area contributed by atoms with Gasteiger partial charge in [-0.05, 0) is 6.42 Å². The topological polar surface area (TPSA) is 63.3 Å². The molecular formula is C6H14ClNO2. The van der Waals surface area contributed by atoms with Crippen molar-refractivity contribution >= 4 is 18.2 Å². The number of nitrogens with two attached hydrogens (primary N) is 1. The van der Waals surface area contributed by atoms with Crippen LogP contribution in [0.25, 0.3) is 0 Å². The highest BCUT2D eigenvalue weighted by Crippen LogP contribution is 1.91. The number of aliphatic hydroxyl groups excluding tert-OH is 1. The molecule has 3 N–H and O–H groups in total. The highest BCUT2D eigenvalue weighted by molar-refractivity contribution is 5.85. The molecule has 0 aliphatic carbocycles. The Balaban J connectivity index is 0. The standard InChI is InChI=1S/C6H13NO2.ClH/c1-2-3-6(9)5(7)4-8;/h5,8H,2-4,7H2,1H3;1H. The van der Waals surface area contributed by atoms with E-state index < -0.39 is 6.04 Å². The van der Waals surface area contributed by atoms with Gasteiger partial charge in [-0.2, -0.15) is 0 Å². The Morgan fingerprint density at radius 2 is 2.20 bits per heavy atom. The SMILES string of the molecule is CCCC(=O)C(N)CO.Cl. The molecule has 0 saturated carbocycles. The molecule has 10 heavy (non-hydrogen) atoms. The number of hydrogen-bond donors (Lipinski definition) is 2. The highest BCUT2D eigenvalue weighted by atomic mass is 35.5. The van der Waals surface area contributed by atoms with Crippen molar-refractivity contribution in [1.82, 2.24) is 0 Å². The first-order valence-corrected chi connectivity index (χ1v) is 3.11. The number of carbonyl (C=O) groups excluding carboxylic acids is 1. The first-order chi connectivity index (χ1) is 4.22. The van der Waals surface area contributed by atoms with Gasteiger partial charge in [0.25, 0.3) is 0 Å². The van der Waals surface area contributed by atoms with Crippen LogP contribution in [0.4, 0.5) is 0 Å². The van der Waals surface area contributed by atoms with E-state index in [4.69, 9.17) is 10.8 Å². The molecule has 0 aromatic rings. The van der Waals surface area contributed by atoms with Crippen LogP contribution in [0.5, 0.6) is 0 Å². The van der Waals surface area contributed by atoms with Gasteiger partial charge in [-0.3, -0.25) is 4.79 Å². The largest absolute Gasteiger partial charge is 0.394 e. The molecule has 1 atom stereocenters. The number of ketones is 1. The summed E-state index contributed by atoms with van der Waals surface area (Å²) in [5.74, 6) is -0.0556. The van der Waals surface area contributed by atoms with Crippen molar-refractivity contribution in [2.45, 2.75) is 25.8 Å². The third-order valence-corrected chi connectivity index (χ3v) is 1.11. The Kier molecular flexibility index (Phi) is 8.77. The van der Waals surface area contributed by atoms with Gasteiger partial charge in [-0.15, -0.1) is 12.4 Å². The number of hydrogen-bond acceptors (Lipinski definition) is 3. The molecule has 62 valence electrons. The van der Waals surface area contributed by atoms with E-state index >= 15 is 0 Å². The first-order valence-electron chi connectivity index (χ1n) is 3.11. The van der Waals surface area contributed by atoms with E-state index in [1.807, 2.05) is 6.92 Å². The maximum absolute atomic E-state index is 10.7. The molecule has 0 bridgehead atoms. The van der Waals surface area contributed by atoms with Crippen LogP contribution < -0.4 is 5.73 Å². The van der Waals surface area contributed by atoms with Crippen molar-refractivity contribution in [2.24, 2.45) is 5.73 Å². The molecule has 1 unspecified atom stereocenters. The second-order valence-electron chi connectivity index (χ2n) is 2.01. The van der Waals surface area contributed by atoms with Gasteiger partial charge in [0.2, 0.25) is 0 Å². The molecule has 0 aliphatic heterocycles. The molecular weight excluding hydrogens is 154 g/mol. The highest BCUT2D eigenvalue weighted by Gasteiger charge is 2.09. The Morgan fingerprint density at radius 3 is 2.50 bits per heavy atom. The van der Waals surface area contributed by atoms with Gasteiger partial charge in [-0.25, -0.2) is 0 Å². The number of rotatable bonds is 4. The van der Waals surface area contributed by atoms with Crippen LogP contribution in [0.15, 0.2) is 0 Å². The van der Waals surface area contributed by atoms with Crippen molar-refractivity contribution in [3.63, 3.8) is 0 Å². The molecule has 0 radical (unpaired) electrons. The van der Waals surface area contributed by atoms with Crippen LogP contribution in [0.1, 0.15) is 19.8 Å². The first kappa shape index (κ1) is 12.5. The van der Waals surface area contributed by atoms with Crippen LogP contribution in [0.2, 0.25) is 0 Å². The molecule has 0 aromatic carbocycles. The Labute approximate surface area is 67.0 Å². The maximum Gasteiger partial charge on any atom is 0.151 e. The fourth-order valence-corrected chi connectivity index (χ4v) is 0.534. The number of carbonyl (C=O) groups is 1. The van der Waals surface area contributed by atoms with Crippen molar-refractivity contribution < 1.29 is 9.90 Å². The molecule has 3 nitrogen and oxygen atoms in total. The zero-order valence-corrected chi connectivity index (χ0v) is 6.86. The molecule has 0 amide bonds. The van der Waals surface area contributed by atoms with E-state index in [2.05, 4.69) is 0 Å². The summed E-state index contributed by atoms with van der Waals surface area (Å²) < 4.78 is 0. The number of aliphatic hydroxyl groups is 1. The summed E-state index contributed by atoms with van der Waals surface area (Å²) in [5.41, 5.74) is 5.20. The number of halogens is 1. The summed E-state index contributed by atoms with van der Waals surface area (Å²) >= 11 is 0. The fourth-order valence-electron chi connectivity index (χ4n) is 0.534. The predicted molar refractivity (Wildman–Crippen MR) is 42.2 cm³/mol. The fraction of sp³-hybridized carbons (Fsp3) is 0.833. The van der Waals surface area contributed by atoms with E-state index in [1.54, 1.807) is 0 Å². The minimum atomic E-state index is -0.662. The third kappa shape index (κ3) is 4.73. The minimum absolute atomic E-state index is 0. The normalized spacial score (nSPS) is 11.9. The van der Waals surface area contributed by atoms with Gasteiger partial charge in [0.05, 0.1) is 12.6 Å². The van der Waals surface area contributed by atoms with E-state index in [1.165, 1.54) is 0 Å². The predicted octanol–water partition coefficient (Wildman–Crippen LogP) is 0.0970. The lowest BCUT2D eigenvalue weighted by atomic mass is 10.1. The summed E-state index contributed by atoms with van der Waals surface area (Å²) in [4.78, 5) is 10.7. The van der Waals surface area contributed by atoms with Gasteiger partial charge in [0.15, 0.2) is 5.78 Å². The van der Waals surface area contributed by atoms with Gasteiger partial charge in [0.1, 0.15) is 0 Å². The Hall–Kier alpha value is -0.120. The summed E-state index contributed by atoms with van der Waals surface area (Å²) in [7, 11) is 0. The van der Waals surface area contributed by atoms with E-state index in [0.717, 1.165) is 6.42 Å². The lowest BCUT2D eigenvalue weighted by Gasteiger charge is -2.03. The van der Waals surface area contributed by atoms with Crippen LogP contribution in [0, 0.1) is 0 Å². The summed E-state index contributed by atoms with van der Waals surface area (Å²) in [6, 6.07) is -0.662. The maximum atomic E-state index is 10.7. The van der Waals surface area contributed by atoms with Crippen LogP contribution in [-0.2, 0) is 4.79 Å². The Bertz CT molecular complexity index is 97.7. The number of Topliss-reactive ketones (excluding diaryl/α,β-unsaturated/α-hetero) is 1. The molecule has 0 fully saturated rings. The van der Waals surface area contributed by atoms with Crippen LogP contribution in [0.3, 0.4) is 0 Å². The quantitative estimate of drug-likeness (QED) is 0.624. The second-order valence-corrected chi connectivity index (χ2v) is 2.01. The summed E-state index contributed by atoms with van der Waals surface area (Å²) in [6.45, 7) is 1.67. The molecule has 0 saturated heterocycles. The molecule has 0 aromatic heterocycles. The average Bonchev–Trinajstić information content (AvgIpc) is 1.87. The Morgan fingerprint density at radius 1 is 1.70 bits per heavy atom. The summed E-state index contributed by atoms with van der Waals surface area (Å²) in [5, 5.41) is 8.39. The van der Waals surface area contributed by atoms with Crippen LogP contribution in [-0.4, -0.2) is 23.5 Å². The molecule has 0 heterocycles. The lowest BCUT2D eigenvalue weighted by Crippen LogP contribution is -2.33. The summed E-state index contributed by atoms with van der Waals surface area (Å²) in [6.07, 6.45) is 1.27. The monoisotopic (exact) mass is 167 g/mol.